The zero-order valence-electron chi connectivity index (χ0n) is 13.9. The van der Waals surface area contributed by atoms with Gasteiger partial charge in [-0.05, 0) is 43.5 Å². The summed E-state index contributed by atoms with van der Waals surface area (Å²) in [5.41, 5.74) is 2.91. The molecule has 0 aliphatic heterocycles. The molecule has 0 radical (unpaired) electrons. The molecule has 1 saturated carbocycles. The fourth-order valence-electron chi connectivity index (χ4n) is 4.07. The smallest absolute Gasteiger partial charge is 0.335 e. The van der Waals surface area contributed by atoms with Crippen LogP contribution in [0.4, 0.5) is 0 Å². The number of aromatic nitrogens is 1. The minimum absolute atomic E-state index is 0.390. The summed E-state index contributed by atoms with van der Waals surface area (Å²) >= 11 is 0. The second kappa shape index (κ2) is 5.27. The summed E-state index contributed by atoms with van der Waals surface area (Å²) < 4.78 is 2.56. The lowest BCUT2D eigenvalue weighted by atomic mass is 10.1. The Morgan fingerprint density at radius 2 is 1.86 bits per heavy atom. The average Bonchev–Trinajstić information content (AvgIpc) is 3.03. The molecule has 0 amide bonds. The maximum Gasteiger partial charge on any atom is 0.335 e. The van der Waals surface area contributed by atoms with Crippen LogP contribution in [0.3, 0.4) is 0 Å². The predicted octanol–water partition coefficient (Wildman–Crippen LogP) is 4.31. The molecule has 1 aromatic heterocycles. The lowest BCUT2D eigenvalue weighted by Gasteiger charge is -2.25. The minimum atomic E-state index is -1.50. The molecule has 4 heteroatoms. The first kappa shape index (κ1) is 15.3. The van der Waals surface area contributed by atoms with Crippen molar-refractivity contribution in [2.75, 3.05) is 0 Å². The van der Waals surface area contributed by atoms with Crippen molar-refractivity contribution in [1.29, 1.82) is 0 Å². The van der Waals surface area contributed by atoms with Crippen LogP contribution in [-0.4, -0.2) is 23.7 Å². The van der Waals surface area contributed by atoms with Gasteiger partial charge in [0.15, 0.2) is 0 Å². The number of aromatic carboxylic acids is 1. The van der Waals surface area contributed by atoms with Crippen LogP contribution in [0.15, 0.2) is 18.2 Å². The van der Waals surface area contributed by atoms with Crippen molar-refractivity contribution >= 4 is 30.3 Å². The minimum Gasteiger partial charge on any atom is -0.478 e. The average molecular weight is 315 g/mol. The lowest BCUT2D eigenvalue weighted by Crippen LogP contribution is -2.45. The predicted molar refractivity (Wildman–Crippen MR) is 94.1 cm³/mol. The molecule has 1 heterocycles. The fraction of sp³-hybridized carbons (Fsp3) is 0.500. The van der Waals surface area contributed by atoms with Gasteiger partial charge in [0.2, 0.25) is 0 Å². The lowest BCUT2D eigenvalue weighted by molar-refractivity contribution is 0.0697. The third-order valence-electron chi connectivity index (χ3n) is 4.90. The number of hydrogen-bond acceptors (Lipinski definition) is 1. The molecule has 3 rings (SSSR count). The number of benzene rings is 1. The molecule has 1 fully saturated rings. The van der Waals surface area contributed by atoms with E-state index in [0.717, 1.165) is 5.39 Å². The van der Waals surface area contributed by atoms with Gasteiger partial charge in [-0.3, -0.25) is 0 Å². The Hall–Kier alpha value is -1.55. The van der Waals surface area contributed by atoms with Gasteiger partial charge in [-0.1, -0.05) is 32.5 Å². The highest BCUT2D eigenvalue weighted by Crippen LogP contribution is 2.34. The van der Waals surface area contributed by atoms with E-state index in [-0.39, 0.29) is 0 Å². The molecule has 118 valence electrons. The number of fused-ring (bicyclic) bond motifs is 1. The van der Waals surface area contributed by atoms with Gasteiger partial charge in [0.25, 0.3) is 0 Å². The van der Waals surface area contributed by atoms with Gasteiger partial charge >= 0.3 is 5.97 Å². The van der Waals surface area contributed by atoms with Crippen molar-refractivity contribution in [2.45, 2.75) is 58.3 Å². The van der Waals surface area contributed by atoms with E-state index < -0.39 is 14.0 Å². The number of carboxylic acids is 1. The zero-order valence-corrected chi connectivity index (χ0v) is 14.9. The summed E-state index contributed by atoms with van der Waals surface area (Å²) in [5, 5.41) is 11.9. The van der Waals surface area contributed by atoms with E-state index >= 15 is 0 Å². The highest BCUT2D eigenvalue weighted by Gasteiger charge is 2.30. The standard InChI is InChI=1S/C18H25NO2Si/c1-12-15-11-13(18(20)21)9-10-16(15)19(14-7-5-6-8-14)17(12)22(2,3)4/h9-11,14H,5-8H2,1-4H3,(H,20,21). The summed E-state index contributed by atoms with van der Waals surface area (Å²) in [5.74, 6) is -0.843. The molecule has 0 atom stereocenters. The molecular weight excluding hydrogens is 290 g/mol. The molecule has 22 heavy (non-hydrogen) atoms. The quantitative estimate of drug-likeness (QED) is 0.858. The number of nitrogens with zero attached hydrogens (tertiary/aromatic N) is 1. The van der Waals surface area contributed by atoms with Crippen molar-refractivity contribution in [1.82, 2.24) is 4.57 Å². The summed E-state index contributed by atoms with van der Waals surface area (Å²) in [6.07, 6.45) is 5.12. The Labute approximate surface area is 133 Å². The zero-order chi connectivity index (χ0) is 16.1. The van der Waals surface area contributed by atoms with Crippen LogP contribution in [0.25, 0.3) is 10.9 Å². The Bertz CT molecular complexity index is 734. The van der Waals surface area contributed by atoms with E-state index in [0.29, 0.717) is 11.6 Å². The van der Waals surface area contributed by atoms with Gasteiger partial charge in [-0.2, -0.15) is 0 Å². The van der Waals surface area contributed by atoms with Gasteiger partial charge in [-0.15, -0.1) is 0 Å². The maximum absolute atomic E-state index is 11.3. The molecule has 1 aliphatic rings. The van der Waals surface area contributed by atoms with Crippen LogP contribution < -0.4 is 5.32 Å². The first-order valence-electron chi connectivity index (χ1n) is 8.19. The first-order chi connectivity index (χ1) is 10.3. The highest BCUT2D eigenvalue weighted by molar-refractivity contribution is 6.88. The second-order valence-electron chi connectivity index (χ2n) is 7.57. The Kier molecular flexibility index (Phi) is 3.67. The molecule has 1 N–H and O–H groups in total. The van der Waals surface area contributed by atoms with E-state index in [1.54, 1.807) is 6.07 Å². The molecule has 0 unspecified atom stereocenters. The van der Waals surface area contributed by atoms with Crippen molar-refractivity contribution in [3.63, 3.8) is 0 Å². The van der Waals surface area contributed by atoms with Crippen molar-refractivity contribution < 1.29 is 9.90 Å². The highest BCUT2D eigenvalue weighted by atomic mass is 28.3. The molecule has 0 bridgehead atoms. The Morgan fingerprint density at radius 3 is 2.41 bits per heavy atom. The molecule has 0 saturated heterocycles. The van der Waals surface area contributed by atoms with Crippen LogP contribution in [-0.2, 0) is 0 Å². The van der Waals surface area contributed by atoms with Gasteiger partial charge in [0.05, 0.1) is 13.6 Å². The number of carbonyl (C=O) groups is 1. The van der Waals surface area contributed by atoms with E-state index in [1.807, 2.05) is 12.1 Å². The molecule has 0 spiro atoms. The van der Waals surface area contributed by atoms with Gasteiger partial charge < -0.3 is 9.67 Å². The second-order valence-corrected chi connectivity index (χ2v) is 12.5. The van der Waals surface area contributed by atoms with Crippen LogP contribution in [0, 0.1) is 6.92 Å². The van der Waals surface area contributed by atoms with E-state index in [9.17, 15) is 9.90 Å². The fourth-order valence-corrected chi connectivity index (χ4v) is 6.36. The SMILES string of the molecule is Cc1c([Si](C)(C)C)n(C2CCCC2)c2ccc(C(=O)O)cc12. The van der Waals surface area contributed by atoms with Crippen LogP contribution >= 0.6 is 0 Å². The number of hydrogen-bond donors (Lipinski definition) is 1. The molecule has 1 aromatic carbocycles. The first-order valence-corrected chi connectivity index (χ1v) is 11.7. The number of carboxylic acid groups (broad SMARTS) is 1. The third kappa shape index (κ3) is 2.39. The Balaban J connectivity index is 2.32. The summed E-state index contributed by atoms with van der Waals surface area (Å²) in [6, 6.07) is 6.23. The van der Waals surface area contributed by atoms with Crippen LogP contribution in [0.1, 0.15) is 47.6 Å². The Morgan fingerprint density at radius 1 is 1.23 bits per heavy atom. The largest absolute Gasteiger partial charge is 0.478 e. The number of rotatable bonds is 3. The van der Waals surface area contributed by atoms with Crippen molar-refractivity contribution in [3.8, 4) is 0 Å². The van der Waals surface area contributed by atoms with Crippen molar-refractivity contribution in [2.24, 2.45) is 0 Å². The van der Waals surface area contributed by atoms with E-state index in [1.165, 1.54) is 42.1 Å². The van der Waals surface area contributed by atoms with Gasteiger partial charge in [0.1, 0.15) is 0 Å². The normalized spacial score (nSPS) is 16.5. The van der Waals surface area contributed by atoms with E-state index in [2.05, 4.69) is 31.1 Å². The molecular formula is C18H25NO2Si. The van der Waals surface area contributed by atoms with Crippen molar-refractivity contribution in [3.05, 3.63) is 29.3 Å². The summed E-state index contributed by atoms with van der Waals surface area (Å²) in [4.78, 5) is 11.3. The summed E-state index contributed by atoms with van der Waals surface area (Å²) in [7, 11) is -1.50. The van der Waals surface area contributed by atoms with Crippen LogP contribution in [0.2, 0.25) is 19.6 Å². The third-order valence-corrected chi connectivity index (χ3v) is 6.94. The van der Waals surface area contributed by atoms with E-state index in [4.69, 9.17) is 0 Å². The maximum atomic E-state index is 11.3. The topological polar surface area (TPSA) is 42.2 Å². The van der Waals surface area contributed by atoms with Gasteiger partial charge in [0, 0.05) is 22.3 Å². The van der Waals surface area contributed by atoms with Gasteiger partial charge in [-0.25, -0.2) is 4.79 Å². The molecule has 1 aliphatic carbocycles. The molecule has 3 nitrogen and oxygen atoms in total. The summed E-state index contributed by atoms with van der Waals surface area (Å²) in [6.45, 7) is 9.33. The number of aryl methyl sites for hydroxylation is 1. The monoisotopic (exact) mass is 315 g/mol. The molecule has 2 aromatic rings. The van der Waals surface area contributed by atoms with Crippen LogP contribution in [0.5, 0.6) is 0 Å².